The molecule has 0 spiro atoms. The summed E-state index contributed by atoms with van der Waals surface area (Å²) in [4.78, 5) is 25.8. The van der Waals surface area contributed by atoms with Gasteiger partial charge in [-0.15, -0.1) is 11.3 Å². The van der Waals surface area contributed by atoms with Gasteiger partial charge in [-0.3, -0.25) is 4.79 Å². The quantitative estimate of drug-likeness (QED) is 0.224. The van der Waals surface area contributed by atoms with Crippen LogP contribution < -0.4 is 0 Å². The Balaban J connectivity index is 1.53. The maximum Gasteiger partial charge on any atom is 0.331 e. The highest BCUT2D eigenvalue weighted by molar-refractivity contribution is 7.13. The molecular formula is C25H20N2O3S. The Kier molecular flexibility index (Phi) is 6.19. The van der Waals surface area contributed by atoms with Gasteiger partial charge in [0.1, 0.15) is 5.69 Å². The van der Waals surface area contributed by atoms with E-state index in [0.29, 0.717) is 5.56 Å². The molecule has 2 heterocycles. The normalized spacial score (nSPS) is 12.0. The molecule has 0 aliphatic rings. The van der Waals surface area contributed by atoms with Crippen LogP contribution in [0.15, 0.2) is 90.4 Å². The van der Waals surface area contributed by atoms with Gasteiger partial charge in [0, 0.05) is 23.4 Å². The Morgan fingerprint density at radius 3 is 2.39 bits per heavy atom. The smallest absolute Gasteiger partial charge is 0.331 e. The van der Waals surface area contributed by atoms with Crippen LogP contribution in [0.1, 0.15) is 22.8 Å². The third-order valence-corrected chi connectivity index (χ3v) is 5.51. The van der Waals surface area contributed by atoms with Crippen molar-refractivity contribution in [2.24, 2.45) is 0 Å². The van der Waals surface area contributed by atoms with Gasteiger partial charge in [-0.05, 0) is 36.6 Å². The van der Waals surface area contributed by atoms with E-state index in [-0.39, 0.29) is 5.78 Å². The van der Waals surface area contributed by atoms with Crippen LogP contribution in [-0.2, 0) is 9.53 Å². The van der Waals surface area contributed by atoms with E-state index >= 15 is 0 Å². The highest BCUT2D eigenvalue weighted by atomic mass is 32.1. The predicted molar refractivity (Wildman–Crippen MR) is 122 cm³/mol. The van der Waals surface area contributed by atoms with Crippen LogP contribution in [0.4, 0.5) is 0 Å². The van der Waals surface area contributed by atoms with E-state index in [1.165, 1.54) is 6.08 Å². The highest BCUT2D eigenvalue weighted by Gasteiger charge is 2.18. The van der Waals surface area contributed by atoms with Crippen LogP contribution in [0, 0.1) is 0 Å². The topological polar surface area (TPSA) is 61.2 Å². The number of hydrogen-bond acceptors (Lipinski definition) is 5. The number of hydrogen-bond donors (Lipinski definition) is 0. The van der Waals surface area contributed by atoms with E-state index in [9.17, 15) is 9.59 Å². The fourth-order valence-corrected chi connectivity index (χ4v) is 3.82. The minimum Gasteiger partial charge on any atom is -0.451 e. The fraction of sp³-hybridized carbons (Fsp3) is 0.0800. The van der Waals surface area contributed by atoms with Crippen LogP contribution in [0.2, 0.25) is 0 Å². The lowest BCUT2D eigenvalue weighted by Gasteiger charge is -2.10. The monoisotopic (exact) mass is 428 g/mol. The highest BCUT2D eigenvalue weighted by Crippen LogP contribution is 2.28. The molecule has 2 aromatic carbocycles. The zero-order valence-corrected chi connectivity index (χ0v) is 17.7. The summed E-state index contributed by atoms with van der Waals surface area (Å²) in [6.45, 7) is 1.57. The number of Topliss-reactive ketones (excluding diaryl/α,β-unsaturated/α-hetero) is 1. The van der Waals surface area contributed by atoms with Crippen molar-refractivity contribution < 1.29 is 14.3 Å². The van der Waals surface area contributed by atoms with E-state index in [2.05, 4.69) is 0 Å². The SMILES string of the molecule is CC(OC(=O)C=Cc1cn(-c2ccccc2)nc1-c1cccs1)C(=O)c1ccccc1. The molecule has 0 aliphatic heterocycles. The summed E-state index contributed by atoms with van der Waals surface area (Å²) in [5.74, 6) is -0.820. The van der Waals surface area contributed by atoms with Gasteiger partial charge in [0.15, 0.2) is 6.10 Å². The van der Waals surface area contributed by atoms with Gasteiger partial charge in [-0.25, -0.2) is 9.48 Å². The summed E-state index contributed by atoms with van der Waals surface area (Å²) in [7, 11) is 0. The minimum atomic E-state index is -0.872. The first-order valence-electron chi connectivity index (χ1n) is 9.79. The van der Waals surface area contributed by atoms with E-state index in [0.717, 1.165) is 21.8 Å². The van der Waals surface area contributed by atoms with Crippen molar-refractivity contribution in [2.45, 2.75) is 13.0 Å². The van der Waals surface area contributed by atoms with E-state index in [1.54, 1.807) is 53.3 Å². The number of carbonyl (C=O) groups excluding carboxylic acids is 2. The molecule has 0 fully saturated rings. The third kappa shape index (κ3) is 4.87. The van der Waals surface area contributed by atoms with Crippen LogP contribution in [0.5, 0.6) is 0 Å². The summed E-state index contributed by atoms with van der Waals surface area (Å²) in [5, 5.41) is 6.68. The van der Waals surface area contributed by atoms with Gasteiger partial charge in [-0.1, -0.05) is 54.6 Å². The summed E-state index contributed by atoms with van der Waals surface area (Å²) in [6.07, 6.45) is 4.00. The van der Waals surface area contributed by atoms with Crippen LogP contribution in [-0.4, -0.2) is 27.6 Å². The van der Waals surface area contributed by atoms with Gasteiger partial charge < -0.3 is 4.74 Å². The molecule has 0 amide bonds. The average Bonchev–Trinajstić information content (AvgIpc) is 3.48. The number of aromatic nitrogens is 2. The van der Waals surface area contributed by atoms with Crippen molar-refractivity contribution in [3.05, 3.63) is 102 Å². The third-order valence-electron chi connectivity index (χ3n) is 4.64. The summed E-state index contributed by atoms with van der Waals surface area (Å²) in [5.41, 5.74) is 2.99. The molecule has 0 N–H and O–H groups in total. The number of ketones is 1. The first-order valence-corrected chi connectivity index (χ1v) is 10.7. The number of rotatable bonds is 7. The van der Waals surface area contributed by atoms with Crippen LogP contribution in [0.3, 0.4) is 0 Å². The van der Waals surface area contributed by atoms with Crippen molar-refractivity contribution in [2.75, 3.05) is 0 Å². The van der Waals surface area contributed by atoms with Crippen LogP contribution >= 0.6 is 11.3 Å². The zero-order valence-electron chi connectivity index (χ0n) is 16.8. The molecule has 6 heteroatoms. The first kappa shape index (κ1) is 20.5. The molecule has 1 atom stereocenters. The first-order chi connectivity index (χ1) is 15.1. The lowest BCUT2D eigenvalue weighted by Crippen LogP contribution is -2.23. The van der Waals surface area contributed by atoms with Gasteiger partial charge in [0.2, 0.25) is 5.78 Å². The van der Waals surface area contributed by atoms with Crippen molar-refractivity contribution in [1.29, 1.82) is 0 Å². The molecule has 2 aromatic heterocycles. The van der Waals surface area contributed by atoms with Gasteiger partial charge in [0.05, 0.1) is 10.6 Å². The van der Waals surface area contributed by atoms with Crippen molar-refractivity contribution in [3.63, 3.8) is 0 Å². The number of esters is 1. The van der Waals surface area contributed by atoms with Crippen molar-refractivity contribution in [1.82, 2.24) is 9.78 Å². The lowest BCUT2D eigenvalue weighted by molar-refractivity contribution is -0.140. The zero-order chi connectivity index (χ0) is 21.6. The lowest BCUT2D eigenvalue weighted by atomic mass is 10.1. The molecule has 154 valence electrons. The van der Waals surface area contributed by atoms with Gasteiger partial charge in [0.25, 0.3) is 0 Å². The molecule has 1 unspecified atom stereocenters. The summed E-state index contributed by atoms with van der Waals surface area (Å²) >= 11 is 1.57. The Hall–Kier alpha value is -3.77. The molecule has 5 nitrogen and oxygen atoms in total. The Morgan fingerprint density at radius 1 is 1.00 bits per heavy atom. The summed E-state index contributed by atoms with van der Waals surface area (Å²) in [6, 6.07) is 22.5. The Morgan fingerprint density at radius 2 is 1.71 bits per heavy atom. The second-order valence-corrected chi connectivity index (χ2v) is 7.78. The number of carbonyl (C=O) groups is 2. The van der Waals surface area contributed by atoms with E-state index in [1.807, 2.05) is 60.1 Å². The number of thiophene rings is 1. The average molecular weight is 429 g/mol. The van der Waals surface area contributed by atoms with Gasteiger partial charge in [-0.2, -0.15) is 5.10 Å². The largest absolute Gasteiger partial charge is 0.451 e. The van der Waals surface area contributed by atoms with Crippen LogP contribution in [0.25, 0.3) is 22.3 Å². The predicted octanol–water partition coefficient (Wildman–Crippen LogP) is 5.43. The maximum absolute atomic E-state index is 12.4. The number of nitrogens with zero attached hydrogens (tertiary/aromatic N) is 2. The number of benzene rings is 2. The van der Waals surface area contributed by atoms with E-state index in [4.69, 9.17) is 9.84 Å². The molecule has 0 saturated heterocycles. The Bertz CT molecular complexity index is 1200. The molecule has 31 heavy (non-hydrogen) atoms. The molecule has 4 aromatic rings. The van der Waals surface area contributed by atoms with E-state index < -0.39 is 12.1 Å². The molecule has 4 rings (SSSR count). The molecule has 0 radical (unpaired) electrons. The maximum atomic E-state index is 12.4. The second-order valence-electron chi connectivity index (χ2n) is 6.83. The second kappa shape index (κ2) is 9.36. The van der Waals surface area contributed by atoms with Crippen molar-refractivity contribution in [3.8, 4) is 16.3 Å². The molecular weight excluding hydrogens is 408 g/mol. The fourth-order valence-electron chi connectivity index (χ4n) is 3.09. The standard InChI is InChI=1S/C25H20N2O3S/c1-18(25(29)19-9-4-2-5-10-19)30-23(28)15-14-20-17-27(21-11-6-3-7-12-21)26-24(20)22-13-8-16-31-22/h2-18H,1H3. The molecule has 0 aliphatic carbocycles. The summed E-state index contributed by atoms with van der Waals surface area (Å²) < 4.78 is 7.09. The van der Waals surface area contributed by atoms with Gasteiger partial charge >= 0.3 is 5.97 Å². The Labute approximate surface area is 184 Å². The van der Waals surface area contributed by atoms with Crippen molar-refractivity contribution >= 4 is 29.2 Å². The molecule has 0 saturated carbocycles. The number of ether oxygens (including phenoxy) is 1. The number of para-hydroxylation sites is 1. The minimum absolute atomic E-state index is 0.237. The molecule has 0 bridgehead atoms.